The summed E-state index contributed by atoms with van der Waals surface area (Å²) in [6.07, 6.45) is 4.34. The number of nitrogens with one attached hydrogen (secondary N) is 2. The molecule has 0 aliphatic carbocycles. The first-order chi connectivity index (χ1) is 11.8. The third-order valence-corrected chi connectivity index (χ3v) is 5.16. The normalized spacial score (nSPS) is 18.8. The predicted octanol–water partition coefficient (Wildman–Crippen LogP) is 4.40. The second kappa shape index (κ2) is 6.95. The zero-order valence-corrected chi connectivity index (χ0v) is 15.1. The highest BCUT2D eigenvalue weighted by atomic mass is 79.9. The van der Waals surface area contributed by atoms with E-state index in [4.69, 9.17) is 0 Å². The number of anilines is 1. The van der Waals surface area contributed by atoms with Crippen LogP contribution in [0.3, 0.4) is 0 Å². The highest BCUT2D eigenvalue weighted by molar-refractivity contribution is 9.10. The molecule has 1 saturated heterocycles. The first-order valence-electron chi connectivity index (χ1n) is 8.43. The zero-order chi connectivity index (χ0) is 16.4. The van der Waals surface area contributed by atoms with Crippen LogP contribution >= 0.6 is 15.9 Å². The third-order valence-electron chi connectivity index (χ3n) is 4.64. The van der Waals surface area contributed by atoms with Crippen molar-refractivity contribution in [3.05, 3.63) is 58.7 Å². The number of halogens is 1. The van der Waals surface area contributed by atoms with Crippen LogP contribution in [0.4, 0.5) is 5.69 Å². The molecule has 1 aromatic heterocycles. The summed E-state index contributed by atoms with van der Waals surface area (Å²) in [7, 11) is 0. The summed E-state index contributed by atoms with van der Waals surface area (Å²) < 4.78 is 1.14. The van der Waals surface area contributed by atoms with Crippen LogP contribution < -0.4 is 5.32 Å². The SMILES string of the molecule is Brc1ccc(CN2CCC[C@H](Nc3ccc4[nH]ncc4c3)C2)cc1. The zero-order valence-electron chi connectivity index (χ0n) is 13.5. The Hall–Kier alpha value is -1.85. The molecule has 124 valence electrons. The molecular formula is C19H21BrN4. The monoisotopic (exact) mass is 384 g/mol. The number of rotatable bonds is 4. The van der Waals surface area contributed by atoms with E-state index in [9.17, 15) is 0 Å². The Labute approximate surface area is 150 Å². The van der Waals surface area contributed by atoms with Gasteiger partial charge in [-0.2, -0.15) is 5.10 Å². The van der Waals surface area contributed by atoms with Gasteiger partial charge in [0.25, 0.3) is 0 Å². The molecule has 5 heteroatoms. The largest absolute Gasteiger partial charge is 0.381 e. The van der Waals surface area contributed by atoms with Crippen molar-refractivity contribution in [2.75, 3.05) is 18.4 Å². The fourth-order valence-electron chi connectivity index (χ4n) is 3.43. The summed E-state index contributed by atoms with van der Waals surface area (Å²) in [4.78, 5) is 2.54. The van der Waals surface area contributed by atoms with Gasteiger partial charge in [-0.3, -0.25) is 10.00 Å². The maximum absolute atomic E-state index is 4.09. The first kappa shape index (κ1) is 15.7. The summed E-state index contributed by atoms with van der Waals surface area (Å²) >= 11 is 3.50. The molecule has 0 amide bonds. The molecule has 2 aromatic carbocycles. The maximum atomic E-state index is 4.09. The van der Waals surface area contributed by atoms with Crippen LogP contribution in [0.15, 0.2) is 53.1 Å². The molecule has 24 heavy (non-hydrogen) atoms. The molecule has 1 aliphatic heterocycles. The highest BCUT2D eigenvalue weighted by Crippen LogP contribution is 2.21. The standard InChI is InChI=1S/C19H21BrN4/c20-16-5-3-14(4-6-16)12-24-9-1-2-18(13-24)22-17-7-8-19-15(10-17)11-21-23-19/h3-8,10-11,18,22H,1-2,9,12-13H2,(H,21,23)/t18-/m0/s1. The molecule has 1 atom stereocenters. The Morgan fingerprint density at radius 2 is 2.08 bits per heavy atom. The second-order valence-electron chi connectivity index (χ2n) is 6.52. The van der Waals surface area contributed by atoms with E-state index in [1.165, 1.54) is 30.6 Å². The van der Waals surface area contributed by atoms with E-state index < -0.39 is 0 Å². The molecule has 4 nitrogen and oxygen atoms in total. The lowest BCUT2D eigenvalue weighted by molar-refractivity contribution is 0.208. The number of piperidine rings is 1. The van der Waals surface area contributed by atoms with E-state index in [2.05, 4.69) is 78.8 Å². The Bertz CT molecular complexity index is 812. The van der Waals surface area contributed by atoms with Gasteiger partial charge >= 0.3 is 0 Å². The summed E-state index contributed by atoms with van der Waals surface area (Å²) in [5.74, 6) is 0. The fourth-order valence-corrected chi connectivity index (χ4v) is 3.70. The van der Waals surface area contributed by atoms with Crippen LogP contribution in [0.2, 0.25) is 0 Å². The van der Waals surface area contributed by atoms with E-state index in [1.807, 2.05) is 6.20 Å². The maximum Gasteiger partial charge on any atom is 0.0651 e. The number of fused-ring (bicyclic) bond motifs is 1. The molecular weight excluding hydrogens is 364 g/mol. The average molecular weight is 385 g/mol. The van der Waals surface area contributed by atoms with Crippen molar-refractivity contribution in [3.63, 3.8) is 0 Å². The lowest BCUT2D eigenvalue weighted by Crippen LogP contribution is -2.41. The van der Waals surface area contributed by atoms with Crippen molar-refractivity contribution < 1.29 is 0 Å². The van der Waals surface area contributed by atoms with Crippen molar-refractivity contribution in [2.45, 2.75) is 25.4 Å². The number of likely N-dealkylation sites (tertiary alicyclic amines) is 1. The van der Waals surface area contributed by atoms with Gasteiger partial charge in [0, 0.05) is 34.7 Å². The quantitative estimate of drug-likeness (QED) is 0.700. The number of H-pyrrole nitrogens is 1. The third kappa shape index (κ3) is 3.62. The molecule has 0 spiro atoms. The molecule has 0 bridgehead atoms. The molecule has 2 heterocycles. The minimum absolute atomic E-state index is 0.499. The van der Waals surface area contributed by atoms with Crippen LogP contribution in [-0.4, -0.2) is 34.2 Å². The van der Waals surface area contributed by atoms with Crippen molar-refractivity contribution in [1.82, 2.24) is 15.1 Å². The van der Waals surface area contributed by atoms with E-state index in [0.29, 0.717) is 6.04 Å². The van der Waals surface area contributed by atoms with Gasteiger partial charge in [-0.15, -0.1) is 0 Å². The molecule has 0 unspecified atom stereocenters. The number of aromatic amines is 1. The molecule has 1 fully saturated rings. The number of aromatic nitrogens is 2. The number of hydrogen-bond donors (Lipinski definition) is 2. The number of benzene rings is 2. The minimum atomic E-state index is 0.499. The van der Waals surface area contributed by atoms with Gasteiger partial charge in [-0.1, -0.05) is 28.1 Å². The highest BCUT2D eigenvalue weighted by Gasteiger charge is 2.19. The molecule has 0 saturated carbocycles. The van der Waals surface area contributed by atoms with Gasteiger partial charge in [-0.05, 0) is 55.3 Å². The number of hydrogen-bond acceptors (Lipinski definition) is 3. The van der Waals surface area contributed by atoms with E-state index in [0.717, 1.165) is 28.5 Å². The summed E-state index contributed by atoms with van der Waals surface area (Å²) in [5, 5.41) is 11.9. The minimum Gasteiger partial charge on any atom is -0.381 e. The smallest absolute Gasteiger partial charge is 0.0651 e. The van der Waals surface area contributed by atoms with Crippen molar-refractivity contribution in [1.29, 1.82) is 0 Å². The topological polar surface area (TPSA) is 44.0 Å². The van der Waals surface area contributed by atoms with Crippen molar-refractivity contribution in [2.24, 2.45) is 0 Å². The van der Waals surface area contributed by atoms with Crippen LogP contribution in [0.1, 0.15) is 18.4 Å². The molecule has 0 radical (unpaired) electrons. The molecule has 1 aliphatic rings. The van der Waals surface area contributed by atoms with Crippen LogP contribution in [0, 0.1) is 0 Å². The van der Waals surface area contributed by atoms with Gasteiger partial charge in [0.05, 0.1) is 11.7 Å². The van der Waals surface area contributed by atoms with Gasteiger partial charge < -0.3 is 5.32 Å². The molecule has 2 N–H and O–H groups in total. The van der Waals surface area contributed by atoms with E-state index in [1.54, 1.807) is 0 Å². The van der Waals surface area contributed by atoms with Gasteiger partial charge in [-0.25, -0.2) is 0 Å². The number of nitrogens with zero attached hydrogens (tertiary/aromatic N) is 2. The second-order valence-corrected chi connectivity index (χ2v) is 7.43. The Kier molecular flexibility index (Phi) is 4.54. The van der Waals surface area contributed by atoms with Gasteiger partial charge in [0.1, 0.15) is 0 Å². The molecule has 3 aromatic rings. The predicted molar refractivity (Wildman–Crippen MR) is 102 cm³/mol. The van der Waals surface area contributed by atoms with Crippen molar-refractivity contribution >= 4 is 32.5 Å². The van der Waals surface area contributed by atoms with Crippen LogP contribution in [0.25, 0.3) is 10.9 Å². The van der Waals surface area contributed by atoms with Gasteiger partial charge in [0.2, 0.25) is 0 Å². The first-order valence-corrected chi connectivity index (χ1v) is 9.22. The Morgan fingerprint density at radius 3 is 2.96 bits per heavy atom. The molecule has 4 rings (SSSR count). The lowest BCUT2D eigenvalue weighted by Gasteiger charge is -2.33. The van der Waals surface area contributed by atoms with Crippen LogP contribution in [0.5, 0.6) is 0 Å². The summed E-state index contributed by atoms with van der Waals surface area (Å²) in [6.45, 7) is 3.28. The summed E-state index contributed by atoms with van der Waals surface area (Å²) in [6, 6.07) is 15.5. The van der Waals surface area contributed by atoms with E-state index in [-0.39, 0.29) is 0 Å². The fraction of sp³-hybridized carbons (Fsp3) is 0.316. The Morgan fingerprint density at radius 1 is 1.21 bits per heavy atom. The average Bonchev–Trinajstić information content (AvgIpc) is 3.05. The Balaban J connectivity index is 1.39. The van der Waals surface area contributed by atoms with Crippen LogP contribution in [-0.2, 0) is 6.54 Å². The lowest BCUT2D eigenvalue weighted by atomic mass is 10.0. The summed E-state index contributed by atoms with van der Waals surface area (Å²) in [5.41, 5.74) is 3.64. The van der Waals surface area contributed by atoms with Crippen molar-refractivity contribution in [3.8, 4) is 0 Å². The van der Waals surface area contributed by atoms with E-state index >= 15 is 0 Å². The van der Waals surface area contributed by atoms with Gasteiger partial charge in [0.15, 0.2) is 0 Å².